The molecule has 0 atom stereocenters. The van der Waals surface area contributed by atoms with Crippen LogP contribution in [0.3, 0.4) is 0 Å². The first kappa shape index (κ1) is 11.4. The Kier molecular flexibility index (Phi) is 3.56. The van der Waals surface area contributed by atoms with E-state index in [1.807, 2.05) is 18.2 Å². The largest absolute Gasteiger partial charge is 0.434 e. The lowest BCUT2D eigenvalue weighted by Gasteiger charge is -1.98. The molecule has 0 unspecified atom stereocenters. The SMILES string of the molecule is CO/N=C1\C(=N/OCCO)Oc2ccccc21. The predicted octanol–water partition coefficient (Wildman–Crippen LogP) is 0.752. The molecule has 0 saturated carbocycles. The van der Waals surface area contributed by atoms with Crippen molar-refractivity contribution in [2.75, 3.05) is 20.3 Å². The molecule has 0 radical (unpaired) electrons. The molecular formula is C11H12N2O4. The number of aliphatic hydroxyl groups is 1. The first-order chi connectivity index (χ1) is 8.36. The second kappa shape index (κ2) is 5.31. The van der Waals surface area contributed by atoms with Crippen molar-refractivity contribution in [3.05, 3.63) is 29.8 Å². The molecule has 6 heteroatoms. The van der Waals surface area contributed by atoms with E-state index in [4.69, 9.17) is 19.5 Å². The van der Waals surface area contributed by atoms with Crippen molar-refractivity contribution >= 4 is 11.6 Å². The number of nitrogens with zero attached hydrogens (tertiary/aromatic N) is 2. The van der Waals surface area contributed by atoms with E-state index in [-0.39, 0.29) is 19.1 Å². The van der Waals surface area contributed by atoms with Gasteiger partial charge in [-0.15, -0.1) is 0 Å². The summed E-state index contributed by atoms with van der Waals surface area (Å²) in [5.74, 6) is 0.871. The van der Waals surface area contributed by atoms with E-state index in [2.05, 4.69) is 10.3 Å². The summed E-state index contributed by atoms with van der Waals surface area (Å²) in [4.78, 5) is 9.59. The van der Waals surface area contributed by atoms with E-state index in [0.717, 1.165) is 5.56 Å². The molecule has 0 saturated heterocycles. The van der Waals surface area contributed by atoms with Crippen LogP contribution in [0.25, 0.3) is 0 Å². The van der Waals surface area contributed by atoms with Crippen LogP contribution in [0.2, 0.25) is 0 Å². The van der Waals surface area contributed by atoms with Crippen LogP contribution in [0, 0.1) is 0 Å². The third kappa shape index (κ3) is 2.36. The third-order valence-electron chi connectivity index (χ3n) is 2.06. The van der Waals surface area contributed by atoms with Gasteiger partial charge in [0.25, 0.3) is 5.90 Å². The van der Waals surface area contributed by atoms with Gasteiger partial charge in [0.05, 0.1) is 12.2 Å². The zero-order chi connectivity index (χ0) is 12.1. The highest BCUT2D eigenvalue weighted by molar-refractivity contribution is 6.48. The van der Waals surface area contributed by atoms with Crippen molar-refractivity contribution in [1.29, 1.82) is 0 Å². The molecule has 1 aliphatic rings. The van der Waals surface area contributed by atoms with Gasteiger partial charge in [-0.2, -0.15) is 0 Å². The molecule has 2 rings (SSSR count). The summed E-state index contributed by atoms with van der Waals surface area (Å²) in [5.41, 5.74) is 1.27. The molecule has 1 aliphatic heterocycles. The van der Waals surface area contributed by atoms with E-state index in [1.165, 1.54) is 7.11 Å². The normalized spacial score (nSPS) is 18.0. The van der Waals surface area contributed by atoms with E-state index >= 15 is 0 Å². The zero-order valence-electron chi connectivity index (χ0n) is 9.29. The van der Waals surface area contributed by atoms with E-state index < -0.39 is 0 Å². The zero-order valence-corrected chi connectivity index (χ0v) is 9.29. The minimum absolute atomic E-state index is 0.101. The summed E-state index contributed by atoms with van der Waals surface area (Å²) in [5, 5.41) is 16.2. The number of fused-ring (bicyclic) bond motifs is 1. The van der Waals surface area contributed by atoms with Crippen molar-refractivity contribution in [2.24, 2.45) is 10.3 Å². The van der Waals surface area contributed by atoms with Gasteiger partial charge in [0.1, 0.15) is 19.5 Å². The number of oxime groups is 2. The number of para-hydroxylation sites is 1. The van der Waals surface area contributed by atoms with Crippen molar-refractivity contribution in [1.82, 2.24) is 0 Å². The van der Waals surface area contributed by atoms with Crippen LogP contribution in [0.15, 0.2) is 34.6 Å². The van der Waals surface area contributed by atoms with Crippen LogP contribution in [0.1, 0.15) is 5.56 Å². The Balaban J connectivity index is 2.27. The third-order valence-corrected chi connectivity index (χ3v) is 2.06. The molecular weight excluding hydrogens is 224 g/mol. The molecule has 0 amide bonds. The summed E-state index contributed by atoms with van der Waals surface area (Å²) in [7, 11) is 1.44. The lowest BCUT2D eigenvalue weighted by Crippen LogP contribution is -2.15. The van der Waals surface area contributed by atoms with Crippen LogP contribution in [-0.4, -0.2) is 37.0 Å². The molecule has 6 nitrogen and oxygen atoms in total. The maximum Gasteiger partial charge on any atom is 0.286 e. The van der Waals surface area contributed by atoms with Crippen molar-refractivity contribution < 1.29 is 19.5 Å². The van der Waals surface area contributed by atoms with Gasteiger partial charge in [-0.05, 0) is 17.3 Å². The number of aliphatic hydroxyl groups excluding tert-OH is 1. The van der Waals surface area contributed by atoms with E-state index in [0.29, 0.717) is 11.5 Å². The van der Waals surface area contributed by atoms with Crippen LogP contribution < -0.4 is 4.74 Å². The number of rotatable bonds is 4. The van der Waals surface area contributed by atoms with Gasteiger partial charge in [-0.25, -0.2) is 0 Å². The van der Waals surface area contributed by atoms with Crippen LogP contribution in [0.4, 0.5) is 0 Å². The van der Waals surface area contributed by atoms with Crippen molar-refractivity contribution in [3.8, 4) is 5.75 Å². The Bertz CT molecular complexity index is 457. The summed E-state index contributed by atoms with van der Waals surface area (Å²) in [6.45, 7) is -0.00997. The fraction of sp³-hybridized carbons (Fsp3) is 0.273. The van der Waals surface area contributed by atoms with Gasteiger partial charge >= 0.3 is 0 Å². The fourth-order valence-electron chi connectivity index (χ4n) is 1.41. The maximum atomic E-state index is 8.59. The monoisotopic (exact) mass is 236 g/mol. The van der Waals surface area contributed by atoms with Crippen LogP contribution >= 0.6 is 0 Å². The predicted molar refractivity (Wildman–Crippen MR) is 61.1 cm³/mol. The Morgan fingerprint density at radius 1 is 1.29 bits per heavy atom. The Labute approximate surface area is 98.1 Å². The topological polar surface area (TPSA) is 72.6 Å². The summed E-state index contributed by atoms with van der Waals surface area (Å²) < 4.78 is 5.45. The lowest BCUT2D eigenvalue weighted by atomic mass is 10.1. The quantitative estimate of drug-likeness (QED) is 0.618. The van der Waals surface area contributed by atoms with Crippen molar-refractivity contribution in [3.63, 3.8) is 0 Å². The number of hydrogen-bond acceptors (Lipinski definition) is 6. The smallest absolute Gasteiger partial charge is 0.286 e. The number of hydrogen-bond donors (Lipinski definition) is 1. The second-order valence-electron chi connectivity index (χ2n) is 3.17. The van der Waals surface area contributed by atoms with Gasteiger partial charge in [-0.3, -0.25) is 0 Å². The summed E-state index contributed by atoms with van der Waals surface area (Å²) in [6, 6.07) is 7.36. The van der Waals surface area contributed by atoms with Crippen LogP contribution in [-0.2, 0) is 9.68 Å². The van der Waals surface area contributed by atoms with Gasteiger partial charge < -0.3 is 19.5 Å². The molecule has 0 aromatic heterocycles. The van der Waals surface area contributed by atoms with Gasteiger partial charge in [0.15, 0.2) is 5.71 Å². The molecule has 1 N–H and O–H groups in total. The minimum Gasteiger partial charge on any atom is -0.434 e. The summed E-state index contributed by atoms with van der Waals surface area (Å²) in [6.07, 6.45) is 0. The fourth-order valence-corrected chi connectivity index (χ4v) is 1.41. The van der Waals surface area contributed by atoms with E-state index in [1.54, 1.807) is 6.07 Å². The molecule has 0 fully saturated rings. The molecule has 0 spiro atoms. The Morgan fingerprint density at radius 3 is 2.88 bits per heavy atom. The second-order valence-corrected chi connectivity index (χ2v) is 3.17. The van der Waals surface area contributed by atoms with Crippen molar-refractivity contribution in [2.45, 2.75) is 0 Å². The standard InChI is InChI=1S/C11H12N2O4/c1-15-12-10-8-4-2-3-5-9(8)17-11(10)13-16-7-6-14/h2-5,14H,6-7H2,1H3/b12-10-,13-11+. The van der Waals surface area contributed by atoms with Crippen LogP contribution in [0.5, 0.6) is 5.75 Å². The Morgan fingerprint density at radius 2 is 2.12 bits per heavy atom. The molecule has 1 heterocycles. The van der Waals surface area contributed by atoms with Gasteiger partial charge in [0, 0.05) is 0 Å². The first-order valence-electron chi connectivity index (χ1n) is 5.06. The lowest BCUT2D eigenvalue weighted by molar-refractivity contribution is 0.0960. The molecule has 1 aromatic carbocycles. The van der Waals surface area contributed by atoms with Gasteiger partial charge in [-0.1, -0.05) is 17.3 Å². The van der Waals surface area contributed by atoms with E-state index in [9.17, 15) is 0 Å². The first-order valence-corrected chi connectivity index (χ1v) is 5.06. The molecule has 0 bridgehead atoms. The molecule has 17 heavy (non-hydrogen) atoms. The number of ether oxygens (including phenoxy) is 1. The average Bonchev–Trinajstić information content (AvgIpc) is 2.69. The highest BCUT2D eigenvalue weighted by Gasteiger charge is 2.28. The molecule has 0 aliphatic carbocycles. The highest BCUT2D eigenvalue weighted by Crippen LogP contribution is 2.26. The number of benzene rings is 1. The Hall–Kier alpha value is -2.08. The van der Waals surface area contributed by atoms with Gasteiger partial charge in [0.2, 0.25) is 0 Å². The molecule has 90 valence electrons. The molecule has 1 aromatic rings. The minimum atomic E-state index is -0.111. The summed E-state index contributed by atoms with van der Waals surface area (Å²) >= 11 is 0. The maximum absolute atomic E-state index is 8.59. The average molecular weight is 236 g/mol. The highest BCUT2D eigenvalue weighted by atomic mass is 16.7.